The minimum Gasteiger partial charge on any atom is -0.322 e. The summed E-state index contributed by atoms with van der Waals surface area (Å²) in [5, 5.41) is 11.8. The lowest BCUT2D eigenvalue weighted by Gasteiger charge is -2.13. The molecule has 0 saturated carbocycles. The van der Waals surface area contributed by atoms with Gasteiger partial charge >= 0.3 is 0 Å². The van der Waals surface area contributed by atoms with Crippen LogP contribution in [0.3, 0.4) is 0 Å². The summed E-state index contributed by atoms with van der Waals surface area (Å²) in [5.41, 5.74) is 4.88. The highest BCUT2D eigenvalue weighted by atomic mass is 16.1. The third-order valence-corrected chi connectivity index (χ3v) is 3.83. The van der Waals surface area contributed by atoms with Crippen LogP contribution in [-0.4, -0.2) is 10.9 Å². The highest BCUT2D eigenvalue weighted by molar-refractivity contribution is 6.04. The molecule has 0 radical (unpaired) electrons. The Labute approximate surface area is 140 Å². The van der Waals surface area contributed by atoms with Gasteiger partial charge < -0.3 is 5.32 Å². The van der Waals surface area contributed by atoms with Gasteiger partial charge in [0, 0.05) is 18.1 Å². The van der Waals surface area contributed by atoms with Crippen molar-refractivity contribution in [3.63, 3.8) is 0 Å². The summed E-state index contributed by atoms with van der Waals surface area (Å²) in [6, 6.07) is 18.7. The van der Waals surface area contributed by atoms with Gasteiger partial charge in [0.1, 0.15) is 0 Å². The molecular weight excluding hydrogens is 298 g/mol. The SMILES string of the molecule is Cc1c(NC(=O)c2cccnc2)cccc1-c1ccc(C#N)cc1. The van der Waals surface area contributed by atoms with Gasteiger partial charge in [0.25, 0.3) is 5.91 Å². The van der Waals surface area contributed by atoms with Crippen LogP contribution in [0.25, 0.3) is 11.1 Å². The third-order valence-electron chi connectivity index (χ3n) is 3.83. The second kappa shape index (κ2) is 6.76. The lowest BCUT2D eigenvalue weighted by Crippen LogP contribution is -2.13. The Balaban J connectivity index is 1.91. The van der Waals surface area contributed by atoms with E-state index in [0.29, 0.717) is 11.1 Å². The molecule has 1 aromatic heterocycles. The number of aromatic nitrogens is 1. The summed E-state index contributed by atoms with van der Waals surface area (Å²) in [6.07, 6.45) is 3.17. The van der Waals surface area contributed by atoms with Crippen LogP contribution in [0.4, 0.5) is 5.69 Å². The number of benzene rings is 2. The largest absolute Gasteiger partial charge is 0.322 e. The fourth-order valence-corrected chi connectivity index (χ4v) is 2.50. The van der Waals surface area contributed by atoms with Crippen LogP contribution < -0.4 is 5.32 Å². The maximum absolute atomic E-state index is 12.3. The molecule has 0 aliphatic carbocycles. The average molecular weight is 313 g/mol. The van der Waals surface area contributed by atoms with Crippen molar-refractivity contribution >= 4 is 11.6 Å². The molecule has 116 valence electrons. The zero-order valence-electron chi connectivity index (χ0n) is 13.2. The molecule has 4 heteroatoms. The Bertz CT molecular complexity index is 910. The number of nitrogens with one attached hydrogen (secondary N) is 1. The molecule has 1 N–H and O–H groups in total. The van der Waals surface area contributed by atoms with Crippen molar-refractivity contribution < 1.29 is 4.79 Å². The van der Waals surface area contributed by atoms with Crippen molar-refractivity contribution in [2.24, 2.45) is 0 Å². The molecule has 0 saturated heterocycles. The lowest BCUT2D eigenvalue weighted by atomic mass is 9.98. The lowest BCUT2D eigenvalue weighted by molar-refractivity contribution is 0.102. The van der Waals surface area contributed by atoms with E-state index in [0.717, 1.165) is 22.4 Å². The third kappa shape index (κ3) is 3.16. The summed E-state index contributed by atoms with van der Waals surface area (Å²) < 4.78 is 0. The maximum atomic E-state index is 12.3. The predicted molar refractivity (Wildman–Crippen MR) is 93.5 cm³/mol. The minimum absolute atomic E-state index is 0.192. The quantitative estimate of drug-likeness (QED) is 0.788. The van der Waals surface area contributed by atoms with Crippen molar-refractivity contribution in [2.75, 3.05) is 5.32 Å². The first kappa shape index (κ1) is 15.4. The van der Waals surface area contributed by atoms with Crippen LogP contribution in [0.15, 0.2) is 67.0 Å². The Morgan fingerprint density at radius 1 is 1.08 bits per heavy atom. The molecule has 24 heavy (non-hydrogen) atoms. The summed E-state index contributed by atoms with van der Waals surface area (Å²) in [4.78, 5) is 16.3. The topological polar surface area (TPSA) is 65.8 Å². The first-order chi connectivity index (χ1) is 11.7. The molecule has 0 unspecified atom stereocenters. The van der Waals surface area contributed by atoms with E-state index in [1.54, 1.807) is 30.5 Å². The summed E-state index contributed by atoms with van der Waals surface area (Å²) in [6.45, 7) is 1.96. The highest BCUT2D eigenvalue weighted by Crippen LogP contribution is 2.29. The zero-order valence-corrected chi connectivity index (χ0v) is 13.2. The molecule has 0 bridgehead atoms. The van der Waals surface area contributed by atoms with E-state index in [-0.39, 0.29) is 5.91 Å². The highest BCUT2D eigenvalue weighted by Gasteiger charge is 2.10. The molecule has 1 amide bonds. The smallest absolute Gasteiger partial charge is 0.257 e. The molecule has 0 spiro atoms. The number of amides is 1. The summed E-state index contributed by atoms with van der Waals surface area (Å²) in [5.74, 6) is -0.192. The Morgan fingerprint density at radius 3 is 2.54 bits per heavy atom. The van der Waals surface area contributed by atoms with Crippen LogP contribution in [0.2, 0.25) is 0 Å². The van der Waals surface area contributed by atoms with E-state index in [1.807, 2.05) is 37.3 Å². The van der Waals surface area contributed by atoms with E-state index in [9.17, 15) is 4.79 Å². The standard InChI is InChI=1S/C20H15N3O/c1-14-18(16-9-7-15(12-21)8-10-16)5-2-6-19(14)23-20(24)17-4-3-11-22-13-17/h2-11,13H,1H3,(H,23,24). The van der Waals surface area contributed by atoms with Crippen molar-refractivity contribution in [1.82, 2.24) is 4.98 Å². The van der Waals surface area contributed by atoms with Gasteiger partial charge in [-0.05, 0) is 53.9 Å². The predicted octanol–water partition coefficient (Wildman–Crippen LogP) is 4.18. The Morgan fingerprint density at radius 2 is 1.88 bits per heavy atom. The molecule has 0 aliphatic rings. The van der Waals surface area contributed by atoms with E-state index in [1.165, 1.54) is 6.20 Å². The maximum Gasteiger partial charge on any atom is 0.257 e. The first-order valence-corrected chi connectivity index (χ1v) is 7.50. The van der Waals surface area contributed by atoms with Gasteiger partial charge in [0.15, 0.2) is 0 Å². The summed E-state index contributed by atoms with van der Waals surface area (Å²) >= 11 is 0. The molecule has 3 aromatic rings. The zero-order chi connectivity index (χ0) is 16.9. The number of carbonyl (C=O) groups excluding carboxylic acids is 1. The number of hydrogen-bond acceptors (Lipinski definition) is 3. The van der Waals surface area contributed by atoms with Crippen LogP contribution in [0, 0.1) is 18.3 Å². The molecule has 0 aliphatic heterocycles. The molecule has 2 aromatic carbocycles. The Kier molecular flexibility index (Phi) is 4.35. The number of nitrogens with zero attached hydrogens (tertiary/aromatic N) is 2. The van der Waals surface area contributed by atoms with Gasteiger partial charge in [-0.15, -0.1) is 0 Å². The van der Waals surface area contributed by atoms with E-state index in [2.05, 4.69) is 16.4 Å². The van der Waals surface area contributed by atoms with E-state index >= 15 is 0 Å². The Hall–Kier alpha value is -3.45. The van der Waals surface area contributed by atoms with Crippen LogP contribution >= 0.6 is 0 Å². The first-order valence-electron chi connectivity index (χ1n) is 7.50. The van der Waals surface area contributed by atoms with Crippen molar-refractivity contribution in [3.05, 3.63) is 83.7 Å². The number of anilines is 1. The van der Waals surface area contributed by atoms with Gasteiger partial charge in [-0.3, -0.25) is 9.78 Å². The molecule has 3 rings (SSSR count). The summed E-state index contributed by atoms with van der Waals surface area (Å²) in [7, 11) is 0. The van der Waals surface area contributed by atoms with Gasteiger partial charge in [-0.1, -0.05) is 24.3 Å². The van der Waals surface area contributed by atoms with Gasteiger partial charge in [0.05, 0.1) is 17.2 Å². The molecule has 0 fully saturated rings. The van der Waals surface area contributed by atoms with E-state index < -0.39 is 0 Å². The number of pyridine rings is 1. The van der Waals surface area contributed by atoms with E-state index in [4.69, 9.17) is 5.26 Å². The normalized spacial score (nSPS) is 10.0. The second-order valence-corrected chi connectivity index (χ2v) is 5.36. The van der Waals surface area contributed by atoms with Crippen LogP contribution in [0.5, 0.6) is 0 Å². The molecule has 4 nitrogen and oxygen atoms in total. The van der Waals surface area contributed by atoms with Gasteiger partial charge in [-0.25, -0.2) is 0 Å². The van der Waals surface area contributed by atoms with Crippen molar-refractivity contribution in [3.8, 4) is 17.2 Å². The minimum atomic E-state index is -0.192. The van der Waals surface area contributed by atoms with Crippen LogP contribution in [-0.2, 0) is 0 Å². The van der Waals surface area contributed by atoms with Gasteiger partial charge in [0.2, 0.25) is 0 Å². The number of hydrogen-bond donors (Lipinski definition) is 1. The van der Waals surface area contributed by atoms with Crippen molar-refractivity contribution in [2.45, 2.75) is 6.92 Å². The number of carbonyl (C=O) groups is 1. The molecular formula is C20H15N3O. The fraction of sp³-hybridized carbons (Fsp3) is 0.0500. The average Bonchev–Trinajstić information content (AvgIpc) is 2.64. The number of nitriles is 1. The van der Waals surface area contributed by atoms with Crippen LogP contribution in [0.1, 0.15) is 21.5 Å². The second-order valence-electron chi connectivity index (χ2n) is 5.36. The molecule has 0 atom stereocenters. The fourth-order valence-electron chi connectivity index (χ4n) is 2.50. The van der Waals surface area contributed by atoms with Crippen molar-refractivity contribution in [1.29, 1.82) is 5.26 Å². The van der Waals surface area contributed by atoms with Gasteiger partial charge in [-0.2, -0.15) is 5.26 Å². The monoisotopic (exact) mass is 313 g/mol. The number of rotatable bonds is 3. The molecule has 1 heterocycles.